The predicted molar refractivity (Wildman–Crippen MR) is 266 cm³/mol. The first kappa shape index (κ1) is 44.7. The van der Waals surface area contributed by atoms with E-state index >= 15 is 0 Å². The van der Waals surface area contributed by atoms with Gasteiger partial charge in [-0.2, -0.15) is 0 Å². The first-order valence-electron chi connectivity index (χ1n) is 23.2. The molecule has 3 atom stereocenters. The summed E-state index contributed by atoms with van der Waals surface area (Å²) in [5.41, 5.74) is 9.61. The van der Waals surface area contributed by atoms with E-state index in [9.17, 15) is 5.11 Å². The Morgan fingerprint density at radius 3 is 1.39 bits per heavy atom. The molecule has 0 bridgehead atoms. The average Bonchev–Trinajstić information content (AvgIpc) is 3.37. The van der Waals surface area contributed by atoms with Gasteiger partial charge in [0.05, 0.1) is 6.10 Å². The molecule has 0 heterocycles. The lowest BCUT2D eigenvalue weighted by atomic mass is 9.97. The van der Waals surface area contributed by atoms with Crippen LogP contribution in [0.5, 0.6) is 34.5 Å². The van der Waals surface area contributed by atoms with Crippen molar-refractivity contribution in [1.82, 2.24) is 0 Å². The minimum absolute atomic E-state index is 0.204. The van der Waals surface area contributed by atoms with Crippen LogP contribution < -0.4 is 23.7 Å². The number of aryl methyl sites for hydroxylation is 2. The van der Waals surface area contributed by atoms with Crippen molar-refractivity contribution in [3.8, 4) is 67.9 Å². The third kappa shape index (κ3) is 11.7. The lowest BCUT2D eigenvalue weighted by Crippen LogP contribution is -2.26. The third-order valence-corrected chi connectivity index (χ3v) is 12.0. The molecule has 7 nitrogen and oxygen atoms in total. The molecular weight excluding hydrogens is 833 g/mol. The van der Waals surface area contributed by atoms with E-state index in [1.807, 2.05) is 166 Å². The molecule has 0 aliphatic heterocycles. The number of aromatic hydroxyl groups is 1. The summed E-state index contributed by atoms with van der Waals surface area (Å²) in [6.45, 7) is 6.05. The summed E-state index contributed by atoms with van der Waals surface area (Å²) in [7, 11) is 0. The van der Waals surface area contributed by atoms with Crippen molar-refractivity contribution in [3.05, 3.63) is 216 Å². The van der Waals surface area contributed by atoms with Gasteiger partial charge in [0, 0.05) is 22.3 Å². The fourth-order valence-corrected chi connectivity index (χ4v) is 8.40. The molecule has 1 N–H and O–H groups in total. The molecule has 9 rings (SSSR count). The number of hydrogen-bond donors (Lipinski definition) is 1. The Balaban J connectivity index is 0.955. The highest BCUT2D eigenvalue weighted by Gasteiger charge is 2.21. The van der Waals surface area contributed by atoms with Crippen LogP contribution in [-0.2, 0) is 4.74 Å². The molecule has 8 aromatic rings. The largest absolute Gasteiger partial charge is 0.507 e. The molecule has 0 radical (unpaired) electrons. The van der Waals surface area contributed by atoms with Gasteiger partial charge in [-0.3, -0.25) is 0 Å². The summed E-state index contributed by atoms with van der Waals surface area (Å²) in [6, 6.07) is 63.5. The quantitative estimate of drug-likeness (QED) is 0.0913. The number of rotatable bonds is 17. The van der Waals surface area contributed by atoms with Gasteiger partial charge in [0.25, 0.3) is 12.6 Å². The summed E-state index contributed by atoms with van der Waals surface area (Å²) in [4.78, 5) is 0. The summed E-state index contributed by atoms with van der Waals surface area (Å²) in [5, 5.41) is 10.5. The van der Waals surface area contributed by atoms with Gasteiger partial charge in [-0.05, 0) is 129 Å². The number of hydrogen-bond acceptors (Lipinski definition) is 7. The Kier molecular flexibility index (Phi) is 14.2. The second kappa shape index (κ2) is 21.2. The van der Waals surface area contributed by atoms with Crippen molar-refractivity contribution in [1.29, 1.82) is 0 Å². The Bertz CT molecular complexity index is 2800. The molecule has 67 heavy (non-hydrogen) atoms. The van der Waals surface area contributed by atoms with Gasteiger partial charge in [0.2, 0.25) is 0 Å². The topological polar surface area (TPSA) is 75.6 Å². The molecule has 3 unspecified atom stereocenters. The summed E-state index contributed by atoms with van der Waals surface area (Å²) in [6.07, 6.45) is 4.17. The SMILES string of the molecule is Cc1ccc(OC(Oc2ccc(-c3cc(-c4ccc(OC(Oc5ccc(-c6cc(C)ccc6O)cc5)c5ccccc5)cc4)ccc3OC(C)OC3CCCCC3)cc2)c2ccccc2)cc1. The molecule has 338 valence electrons. The maximum atomic E-state index is 10.5. The van der Waals surface area contributed by atoms with Crippen molar-refractivity contribution in [2.45, 2.75) is 77.8 Å². The van der Waals surface area contributed by atoms with Crippen molar-refractivity contribution < 1.29 is 33.5 Å². The van der Waals surface area contributed by atoms with E-state index in [2.05, 4.69) is 43.3 Å². The smallest absolute Gasteiger partial charge is 0.267 e. The number of phenols is 1. The Hall–Kier alpha value is -7.48. The molecule has 0 amide bonds. The van der Waals surface area contributed by atoms with Gasteiger partial charge >= 0.3 is 0 Å². The van der Waals surface area contributed by atoms with E-state index in [0.29, 0.717) is 17.2 Å². The Morgan fingerprint density at radius 1 is 0.418 bits per heavy atom. The lowest BCUT2D eigenvalue weighted by molar-refractivity contribution is -0.116. The maximum absolute atomic E-state index is 10.5. The van der Waals surface area contributed by atoms with Crippen molar-refractivity contribution >= 4 is 0 Å². The molecule has 7 heteroatoms. The zero-order chi connectivity index (χ0) is 46.0. The van der Waals surface area contributed by atoms with E-state index in [4.69, 9.17) is 28.4 Å². The predicted octanol–water partition coefficient (Wildman–Crippen LogP) is 15.4. The van der Waals surface area contributed by atoms with Crippen molar-refractivity contribution in [3.63, 3.8) is 0 Å². The van der Waals surface area contributed by atoms with Crippen LogP contribution in [-0.4, -0.2) is 17.5 Å². The third-order valence-electron chi connectivity index (χ3n) is 12.0. The highest BCUT2D eigenvalue weighted by molar-refractivity contribution is 5.78. The Morgan fingerprint density at radius 2 is 0.866 bits per heavy atom. The van der Waals surface area contributed by atoms with Crippen LogP contribution in [0, 0.1) is 13.8 Å². The molecule has 8 aromatic carbocycles. The molecule has 1 saturated carbocycles. The molecule has 1 aliphatic rings. The van der Waals surface area contributed by atoms with Gasteiger partial charge in [-0.25, -0.2) is 0 Å². The van der Waals surface area contributed by atoms with E-state index in [1.54, 1.807) is 6.07 Å². The van der Waals surface area contributed by atoms with E-state index in [-0.39, 0.29) is 11.9 Å². The molecule has 0 saturated heterocycles. The van der Waals surface area contributed by atoms with Gasteiger partial charge < -0.3 is 33.5 Å². The second-order valence-electron chi connectivity index (χ2n) is 17.2. The van der Waals surface area contributed by atoms with Crippen LogP contribution in [0.25, 0.3) is 33.4 Å². The highest BCUT2D eigenvalue weighted by atomic mass is 16.7. The van der Waals surface area contributed by atoms with Crippen LogP contribution in [0.2, 0.25) is 0 Å². The second-order valence-corrected chi connectivity index (χ2v) is 17.2. The summed E-state index contributed by atoms with van der Waals surface area (Å²) < 4.78 is 39.0. The van der Waals surface area contributed by atoms with Crippen LogP contribution in [0.3, 0.4) is 0 Å². The maximum Gasteiger partial charge on any atom is 0.267 e. The first-order chi connectivity index (χ1) is 32.8. The number of phenolic OH excluding ortho intramolecular Hbond substituents is 1. The summed E-state index contributed by atoms with van der Waals surface area (Å²) >= 11 is 0. The normalized spacial score (nSPS) is 14.1. The van der Waals surface area contributed by atoms with Crippen LogP contribution in [0.4, 0.5) is 0 Å². The molecular formula is C60H56O7. The van der Waals surface area contributed by atoms with Crippen LogP contribution >= 0.6 is 0 Å². The molecule has 0 aromatic heterocycles. The van der Waals surface area contributed by atoms with E-state index in [0.717, 1.165) is 80.0 Å². The molecule has 1 fully saturated rings. The van der Waals surface area contributed by atoms with Gasteiger partial charge in [-0.1, -0.05) is 152 Å². The zero-order valence-electron chi connectivity index (χ0n) is 38.2. The number of benzene rings is 8. The lowest BCUT2D eigenvalue weighted by Gasteiger charge is -2.26. The van der Waals surface area contributed by atoms with Gasteiger partial charge in [0.1, 0.15) is 34.5 Å². The monoisotopic (exact) mass is 888 g/mol. The van der Waals surface area contributed by atoms with E-state index < -0.39 is 18.9 Å². The minimum Gasteiger partial charge on any atom is -0.507 e. The van der Waals surface area contributed by atoms with Crippen molar-refractivity contribution in [2.24, 2.45) is 0 Å². The zero-order valence-corrected chi connectivity index (χ0v) is 38.2. The van der Waals surface area contributed by atoms with Gasteiger partial charge in [-0.15, -0.1) is 0 Å². The number of ether oxygens (including phenoxy) is 6. The minimum atomic E-state index is -0.713. The van der Waals surface area contributed by atoms with E-state index in [1.165, 1.54) is 19.3 Å². The van der Waals surface area contributed by atoms with Crippen LogP contribution in [0.1, 0.15) is 73.9 Å². The fourth-order valence-electron chi connectivity index (χ4n) is 8.40. The van der Waals surface area contributed by atoms with Crippen molar-refractivity contribution in [2.75, 3.05) is 0 Å². The van der Waals surface area contributed by atoms with Gasteiger partial charge in [0.15, 0.2) is 6.29 Å². The highest BCUT2D eigenvalue weighted by Crippen LogP contribution is 2.39. The summed E-state index contributed by atoms with van der Waals surface area (Å²) in [5.74, 6) is 3.67. The first-order valence-corrected chi connectivity index (χ1v) is 23.2. The molecule has 1 aliphatic carbocycles. The van der Waals surface area contributed by atoms with Crippen LogP contribution in [0.15, 0.2) is 194 Å². The molecule has 0 spiro atoms. The average molecular weight is 889 g/mol. The Labute approximate surface area is 394 Å². The fraction of sp³-hybridized carbons (Fsp3) is 0.200. The standard InChI is InChI=1S/C60H56O7/c1-41-19-29-51(30-20-41)64-59(47-13-7-4-8-14-47)67-54-35-26-46(27-36-54)56-40-49(28-38-58(56)63-43(3)62-50-17-11-6-12-18-50)44-22-31-52(32-23-44)65-60(48-15-9-5-10-16-48)66-53-33-24-45(25-34-53)55-39-42(2)21-37-57(55)61/h4-5,7-10,13-16,19-40,43,50,59-61H,6,11-12,17-18H2,1-3H3.